The first-order valence-electron chi connectivity index (χ1n) is 5.50. The molecule has 0 unspecified atom stereocenters. The Bertz CT molecular complexity index is 420. The molecule has 0 aliphatic rings. The SMILES string of the molecule is Cc1cccc(C)c1C(=O)N[C@H](C)CC(=O)O. The Hall–Kier alpha value is -1.84. The third-order valence-corrected chi connectivity index (χ3v) is 2.57. The number of amides is 1. The van der Waals surface area contributed by atoms with E-state index in [0.717, 1.165) is 11.1 Å². The molecule has 1 rings (SSSR count). The van der Waals surface area contributed by atoms with E-state index in [0.29, 0.717) is 5.56 Å². The fraction of sp³-hybridized carbons (Fsp3) is 0.385. The van der Waals surface area contributed by atoms with Crippen LogP contribution in [0.2, 0.25) is 0 Å². The zero-order chi connectivity index (χ0) is 13.0. The van der Waals surface area contributed by atoms with Crippen molar-refractivity contribution < 1.29 is 14.7 Å². The minimum atomic E-state index is -0.917. The van der Waals surface area contributed by atoms with E-state index in [4.69, 9.17) is 5.11 Å². The van der Waals surface area contributed by atoms with Gasteiger partial charge in [0.25, 0.3) is 5.91 Å². The van der Waals surface area contributed by atoms with Crippen molar-refractivity contribution in [2.75, 3.05) is 0 Å². The van der Waals surface area contributed by atoms with Crippen LogP contribution in [-0.2, 0) is 4.79 Å². The van der Waals surface area contributed by atoms with Crippen LogP contribution in [0.25, 0.3) is 0 Å². The van der Waals surface area contributed by atoms with Gasteiger partial charge in [-0.25, -0.2) is 0 Å². The molecule has 4 nitrogen and oxygen atoms in total. The fourth-order valence-corrected chi connectivity index (χ4v) is 1.78. The van der Waals surface area contributed by atoms with Gasteiger partial charge >= 0.3 is 5.97 Å². The number of nitrogens with one attached hydrogen (secondary N) is 1. The molecule has 0 bridgehead atoms. The molecule has 0 saturated heterocycles. The van der Waals surface area contributed by atoms with Gasteiger partial charge in [0.1, 0.15) is 0 Å². The number of carboxylic acids is 1. The summed E-state index contributed by atoms with van der Waals surface area (Å²) < 4.78 is 0. The quantitative estimate of drug-likeness (QED) is 0.837. The first-order valence-corrected chi connectivity index (χ1v) is 5.50. The van der Waals surface area contributed by atoms with Crippen LogP contribution in [0.5, 0.6) is 0 Å². The number of hydrogen-bond donors (Lipinski definition) is 2. The maximum absolute atomic E-state index is 12.0. The van der Waals surface area contributed by atoms with Crippen molar-refractivity contribution in [3.8, 4) is 0 Å². The summed E-state index contributed by atoms with van der Waals surface area (Å²) in [5.74, 6) is -1.13. The molecule has 1 aromatic rings. The van der Waals surface area contributed by atoms with E-state index in [1.54, 1.807) is 6.92 Å². The number of carbonyl (C=O) groups excluding carboxylic acids is 1. The van der Waals surface area contributed by atoms with Crippen molar-refractivity contribution >= 4 is 11.9 Å². The minimum absolute atomic E-state index is 0.0727. The second-order valence-corrected chi connectivity index (χ2v) is 4.24. The highest BCUT2D eigenvalue weighted by Crippen LogP contribution is 2.13. The zero-order valence-electron chi connectivity index (χ0n) is 10.3. The van der Waals surface area contributed by atoms with Gasteiger partial charge in [-0.2, -0.15) is 0 Å². The second-order valence-electron chi connectivity index (χ2n) is 4.24. The Morgan fingerprint density at radius 1 is 1.29 bits per heavy atom. The standard InChI is InChI=1S/C13H17NO3/c1-8-5-4-6-9(2)12(8)13(17)14-10(3)7-11(15)16/h4-6,10H,7H2,1-3H3,(H,14,17)(H,15,16)/t10-/m1/s1. The molecule has 1 aromatic carbocycles. The molecule has 0 aromatic heterocycles. The largest absolute Gasteiger partial charge is 0.481 e. The van der Waals surface area contributed by atoms with Crippen LogP contribution in [-0.4, -0.2) is 23.0 Å². The van der Waals surface area contributed by atoms with Crippen LogP contribution in [0.4, 0.5) is 0 Å². The van der Waals surface area contributed by atoms with Crippen molar-refractivity contribution in [3.05, 3.63) is 34.9 Å². The summed E-state index contributed by atoms with van der Waals surface area (Å²) in [5, 5.41) is 11.3. The Balaban J connectivity index is 2.80. The molecule has 2 N–H and O–H groups in total. The molecule has 0 saturated carbocycles. The highest BCUT2D eigenvalue weighted by atomic mass is 16.4. The maximum atomic E-state index is 12.0. The lowest BCUT2D eigenvalue weighted by atomic mass is 10.0. The number of aliphatic carboxylic acids is 1. The van der Waals surface area contributed by atoms with Crippen molar-refractivity contribution in [1.82, 2.24) is 5.32 Å². The van der Waals surface area contributed by atoms with Gasteiger partial charge in [0, 0.05) is 11.6 Å². The van der Waals surface area contributed by atoms with Crippen LogP contribution in [0, 0.1) is 13.8 Å². The van der Waals surface area contributed by atoms with E-state index >= 15 is 0 Å². The van der Waals surface area contributed by atoms with E-state index in [2.05, 4.69) is 5.32 Å². The minimum Gasteiger partial charge on any atom is -0.481 e. The molecule has 1 atom stereocenters. The number of aryl methyl sites for hydroxylation is 2. The Labute approximate surface area is 101 Å². The van der Waals surface area contributed by atoms with E-state index in [9.17, 15) is 9.59 Å². The van der Waals surface area contributed by atoms with E-state index < -0.39 is 5.97 Å². The Kier molecular flexibility index (Phi) is 4.26. The number of benzene rings is 1. The summed E-state index contributed by atoms with van der Waals surface area (Å²) >= 11 is 0. The smallest absolute Gasteiger partial charge is 0.305 e. The molecular weight excluding hydrogens is 218 g/mol. The van der Waals surface area contributed by atoms with Gasteiger partial charge < -0.3 is 10.4 Å². The van der Waals surface area contributed by atoms with Crippen LogP contribution < -0.4 is 5.32 Å². The third-order valence-electron chi connectivity index (χ3n) is 2.57. The summed E-state index contributed by atoms with van der Waals surface area (Å²) in [6.45, 7) is 5.41. The topological polar surface area (TPSA) is 66.4 Å². The van der Waals surface area contributed by atoms with Gasteiger partial charge in [-0.05, 0) is 31.9 Å². The van der Waals surface area contributed by atoms with E-state index in [1.807, 2.05) is 32.0 Å². The Morgan fingerprint density at radius 3 is 2.29 bits per heavy atom. The monoisotopic (exact) mass is 235 g/mol. The molecule has 0 spiro atoms. The molecule has 0 heterocycles. The third kappa shape index (κ3) is 3.59. The number of carbonyl (C=O) groups is 2. The molecule has 4 heteroatoms. The van der Waals surface area contributed by atoms with Gasteiger partial charge in [0.15, 0.2) is 0 Å². The lowest BCUT2D eigenvalue weighted by molar-refractivity contribution is -0.137. The second kappa shape index (κ2) is 5.48. The summed E-state index contributed by atoms with van der Waals surface area (Å²) in [7, 11) is 0. The van der Waals surface area contributed by atoms with Gasteiger partial charge in [0.05, 0.1) is 6.42 Å². The van der Waals surface area contributed by atoms with Gasteiger partial charge in [-0.1, -0.05) is 18.2 Å². The van der Waals surface area contributed by atoms with Crippen LogP contribution >= 0.6 is 0 Å². The summed E-state index contributed by atoms with van der Waals surface area (Å²) in [6.07, 6.45) is -0.0727. The predicted molar refractivity (Wildman–Crippen MR) is 65.1 cm³/mol. The fourth-order valence-electron chi connectivity index (χ4n) is 1.78. The summed E-state index contributed by atoms with van der Waals surface area (Å²) in [6, 6.07) is 5.24. The van der Waals surface area contributed by atoms with Gasteiger partial charge in [-0.3, -0.25) is 9.59 Å². The summed E-state index contributed by atoms with van der Waals surface area (Å²) in [5.41, 5.74) is 2.42. The average molecular weight is 235 g/mol. The molecule has 92 valence electrons. The zero-order valence-corrected chi connectivity index (χ0v) is 10.3. The molecule has 0 aliphatic carbocycles. The summed E-state index contributed by atoms with van der Waals surface area (Å²) in [4.78, 5) is 22.5. The van der Waals surface area contributed by atoms with Gasteiger partial charge in [0.2, 0.25) is 0 Å². The molecule has 1 amide bonds. The molecular formula is C13H17NO3. The maximum Gasteiger partial charge on any atom is 0.305 e. The van der Waals surface area contributed by atoms with E-state index in [-0.39, 0.29) is 18.4 Å². The first-order chi connectivity index (χ1) is 7.91. The van der Waals surface area contributed by atoms with Crippen LogP contribution in [0.15, 0.2) is 18.2 Å². The van der Waals surface area contributed by atoms with Crippen molar-refractivity contribution in [1.29, 1.82) is 0 Å². The number of hydrogen-bond acceptors (Lipinski definition) is 2. The highest BCUT2D eigenvalue weighted by molar-refractivity contribution is 5.97. The Morgan fingerprint density at radius 2 is 1.82 bits per heavy atom. The average Bonchev–Trinajstić information content (AvgIpc) is 2.15. The van der Waals surface area contributed by atoms with Gasteiger partial charge in [-0.15, -0.1) is 0 Å². The molecule has 0 radical (unpaired) electrons. The normalized spacial score (nSPS) is 11.9. The molecule has 0 fully saturated rings. The van der Waals surface area contributed by atoms with Crippen LogP contribution in [0.3, 0.4) is 0 Å². The molecule has 0 aliphatic heterocycles. The van der Waals surface area contributed by atoms with Crippen molar-refractivity contribution in [2.24, 2.45) is 0 Å². The first kappa shape index (κ1) is 13.2. The number of carboxylic acid groups (broad SMARTS) is 1. The lowest BCUT2D eigenvalue weighted by Crippen LogP contribution is -2.34. The van der Waals surface area contributed by atoms with Crippen LogP contribution in [0.1, 0.15) is 34.8 Å². The number of rotatable bonds is 4. The van der Waals surface area contributed by atoms with Crippen molar-refractivity contribution in [2.45, 2.75) is 33.2 Å². The predicted octanol–water partition coefficient (Wildman–Crippen LogP) is 1.90. The molecule has 17 heavy (non-hydrogen) atoms. The highest BCUT2D eigenvalue weighted by Gasteiger charge is 2.15. The lowest BCUT2D eigenvalue weighted by Gasteiger charge is -2.14. The van der Waals surface area contributed by atoms with Crippen molar-refractivity contribution in [3.63, 3.8) is 0 Å². The van der Waals surface area contributed by atoms with E-state index in [1.165, 1.54) is 0 Å².